The number of carbonyl (C=O) groups is 2. The lowest BCUT2D eigenvalue weighted by Gasteiger charge is -2.37. The molecule has 1 unspecified atom stereocenters. The predicted molar refractivity (Wildman–Crippen MR) is 79.9 cm³/mol. The van der Waals surface area contributed by atoms with E-state index in [0.717, 1.165) is 37.1 Å². The molecule has 2 aliphatic rings. The fourth-order valence-electron chi connectivity index (χ4n) is 3.49. The Kier molecular flexibility index (Phi) is 3.68. The SMILES string of the molecule is Cc1ccccc1CC1(C2CCNCC2)NC(=O)NC1=O. The minimum Gasteiger partial charge on any atom is -0.323 e. The highest BCUT2D eigenvalue weighted by Crippen LogP contribution is 2.32. The van der Waals surface area contributed by atoms with Crippen molar-refractivity contribution in [1.82, 2.24) is 16.0 Å². The molecule has 21 heavy (non-hydrogen) atoms. The van der Waals surface area contributed by atoms with Crippen LogP contribution in [0.1, 0.15) is 24.0 Å². The van der Waals surface area contributed by atoms with Gasteiger partial charge in [-0.1, -0.05) is 24.3 Å². The van der Waals surface area contributed by atoms with E-state index in [-0.39, 0.29) is 17.9 Å². The molecule has 1 aromatic rings. The molecule has 5 heteroatoms. The van der Waals surface area contributed by atoms with Gasteiger partial charge in [0.15, 0.2) is 0 Å². The summed E-state index contributed by atoms with van der Waals surface area (Å²) in [6, 6.07) is 7.68. The highest BCUT2D eigenvalue weighted by atomic mass is 16.2. The third-order valence-electron chi connectivity index (χ3n) is 4.74. The number of amides is 3. The quantitative estimate of drug-likeness (QED) is 0.730. The summed E-state index contributed by atoms with van der Waals surface area (Å²) in [6.45, 7) is 3.83. The molecule has 2 aliphatic heterocycles. The van der Waals surface area contributed by atoms with Gasteiger partial charge >= 0.3 is 6.03 Å². The molecular weight excluding hydrogens is 266 g/mol. The molecule has 0 spiro atoms. The monoisotopic (exact) mass is 287 g/mol. The lowest BCUT2D eigenvalue weighted by atomic mass is 9.74. The summed E-state index contributed by atoms with van der Waals surface area (Å²) in [7, 11) is 0. The number of nitrogens with one attached hydrogen (secondary N) is 3. The van der Waals surface area contributed by atoms with Crippen molar-refractivity contribution in [3.8, 4) is 0 Å². The van der Waals surface area contributed by atoms with Crippen molar-refractivity contribution in [2.24, 2.45) is 5.92 Å². The topological polar surface area (TPSA) is 70.2 Å². The van der Waals surface area contributed by atoms with Crippen LogP contribution in [0.4, 0.5) is 4.79 Å². The molecule has 0 bridgehead atoms. The van der Waals surface area contributed by atoms with Gasteiger partial charge in [0.1, 0.15) is 5.54 Å². The van der Waals surface area contributed by atoms with E-state index in [1.807, 2.05) is 31.2 Å². The fourth-order valence-corrected chi connectivity index (χ4v) is 3.49. The molecule has 2 saturated heterocycles. The average Bonchev–Trinajstić information content (AvgIpc) is 2.77. The Morgan fingerprint density at radius 3 is 2.52 bits per heavy atom. The molecule has 2 fully saturated rings. The second kappa shape index (κ2) is 5.48. The van der Waals surface area contributed by atoms with Gasteiger partial charge < -0.3 is 10.6 Å². The summed E-state index contributed by atoms with van der Waals surface area (Å²) in [5.41, 5.74) is 1.47. The van der Waals surface area contributed by atoms with Crippen LogP contribution in [0.3, 0.4) is 0 Å². The van der Waals surface area contributed by atoms with Gasteiger partial charge in [0.25, 0.3) is 5.91 Å². The molecule has 0 aromatic heterocycles. The van der Waals surface area contributed by atoms with Crippen molar-refractivity contribution in [3.63, 3.8) is 0 Å². The summed E-state index contributed by atoms with van der Waals surface area (Å²) >= 11 is 0. The maximum Gasteiger partial charge on any atom is 0.322 e. The standard InChI is InChI=1S/C16H21N3O2/c1-11-4-2-3-5-12(11)10-16(13-6-8-17-9-7-13)14(20)18-15(21)19-16/h2-5,13,17H,6-10H2,1H3,(H2,18,19,20,21). The van der Waals surface area contributed by atoms with Crippen molar-refractivity contribution in [2.75, 3.05) is 13.1 Å². The van der Waals surface area contributed by atoms with Crippen LogP contribution in [0, 0.1) is 12.8 Å². The van der Waals surface area contributed by atoms with Gasteiger partial charge in [-0.25, -0.2) is 4.79 Å². The Morgan fingerprint density at radius 1 is 1.19 bits per heavy atom. The van der Waals surface area contributed by atoms with Crippen LogP contribution in [-0.4, -0.2) is 30.6 Å². The molecule has 3 rings (SSSR count). The average molecular weight is 287 g/mol. The molecule has 0 radical (unpaired) electrons. The van der Waals surface area contributed by atoms with Crippen LogP contribution in [0.15, 0.2) is 24.3 Å². The van der Waals surface area contributed by atoms with E-state index in [1.165, 1.54) is 0 Å². The number of piperidine rings is 1. The van der Waals surface area contributed by atoms with E-state index < -0.39 is 5.54 Å². The van der Waals surface area contributed by atoms with E-state index in [2.05, 4.69) is 16.0 Å². The first-order chi connectivity index (χ1) is 10.1. The lowest BCUT2D eigenvalue weighted by Crippen LogP contribution is -2.57. The number of urea groups is 1. The Bertz CT molecular complexity index is 566. The van der Waals surface area contributed by atoms with Crippen molar-refractivity contribution >= 4 is 11.9 Å². The van der Waals surface area contributed by atoms with Gasteiger partial charge in [0, 0.05) is 6.42 Å². The van der Waals surface area contributed by atoms with Crippen molar-refractivity contribution in [2.45, 2.75) is 31.7 Å². The van der Waals surface area contributed by atoms with Crippen LogP contribution in [0.2, 0.25) is 0 Å². The second-order valence-corrected chi connectivity index (χ2v) is 6.01. The van der Waals surface area contributed by atoms with Crippen LogP contribution in [0.5, 0.6) is 0 Å². The summed E-state index contributed by atoms with van der Waals surface area (Å²) in [5, 5.41) is 8.68. The molecule has 3 amide bonds. The largest absolute Gasteiger partial charge is 0.323 e. The summed E-state index contributed by atoms with van der Waals surface area (Å²) in [5.74, 6) is -0.00698. The van der Waals surface area contributed by atoms with Crippen LogP contribution < -0.4 is 16.0 Å². The molecule has 1 atom stereocenters. The second-order valence-electron chi connectivity index (χ2n) is 6.01. The van der Waals surface area contributed by atoms with E-state index in [4.69, 9.17) is 0 Å². The zero-order valence-electron chi connectivity index (χ0n) is 12.2. The number of hydrogen-bond donors (Lipinski definition) is 3. The van der Waals surface area contributed by atoms with E-state index in [0.29, 0.717) is 6.42 Å². The molecular formula is C16H21N3O2. The normalized spacial score (nSPS) is 26.5. The Morgan fingerprint density at radius 2 is 1.90 bits per heavy atom. The smallest absolute Gasteiger partial charge is 0.322 e. The van der Waals surface area contributed by atoms with Crippen LogP contribution in [-0.2, 0) is 11.2 Å². The molecule has 112 valence electrons. The Balaban J connectivity index is 1.94. The molecule has 5 nitrogen and oxygen atoms in total. The molecule has 0 saturated carbocycles. The van der Waals surface area contributed by atoms with Crippen molar-refractivity contribution in [1.29, 1.82) is 0 Å². The first-order valence-electron chi connectivity index (χ1n) is 7.50. The first-order valence-corrected chi connectivity index (χ1v) is 7.50. The molecule has 3 N–H and O–H groups in total. The third kappa shape index (κ3) is 2.53. The highest BCUT2D eigenvalue weighted by molar-refractivity contribution is 6.07. The fraction of sp³-hybridized carbons (Fsp3) is 0.500. The number of rotatable bonds is 3. The molecule has 2 heterocycles. The van der Waals surface area contributed by atoms with Gasteiger partial charge in [0.2, 0.25) is 0 Å². The molecule has 0 aliphatic carbocycles. The summed E-state index contributed by atoms with van der Waals surface area (Å²) in [6.07, 6.45) is 2.36. The number of imide groups is 1. The van der Waals surface area contributed by atoms with Gasteiger partial charge in [-0.05, 0) is 49.9 Å². The zero-order valence-corrected chi connectivity index (χ0v) is 12.2. The van der Waals surface area contributed by atoms with Gasteiger partial charge in [-0.3, -0.25) is 10.1 Å². The highest BCUT2D eigenvalue weighted by Gasteiger charge is 2.51. The predicted octanol–water partition coefficient (Wildman–Crippen LogP) is 1.12. The third-order valence-corrected chi connectivity index (χ3v) is 4.74. The number of carbonyl (C=O) groups excluding carboxylic acids is 2. The number of benzene rings is 1. The summed E-state index contributed by atoms with van der Waals surface area (Å²) in [4.78, 5) is 24.2. The Labute approximate surface area is 124 Å². The maximum absolute atomic E-state index is 12.5. The Hall–Kier alpha value is -1.88. The van der Waals surface area contributed by atoms with Gasteiger partial charge in [-0.2, -0.15) is 0 Å². The summed E-state index contributed by atoms with van der Waals surface area (Å²) < 4.78 is 0. The van der Waals surface area contributed by atoms with Crippen LogP contribution >= 0.6 is 0 Å². The molecule has 1 aromatic carbocycles. The van der Waals surface area contributed by atoms with E-state index in [1.54, 1.807) is 0 Å². The van der Waals surface area contributed by atoms with Crippen LogP contribution in [0.25, 0.3) is 0 Å². The minimum absolute atomic E-state index is 0.171. The lowest BCUT2D eigenvalue weighted by molar-refractivity contribution is -0.126. The first kappa shape index (κ1) is 14.1. The maximum atomic E-state index is 12.5. The van der Waals surface area contributed by atoms with Gasteiger partial charge in [-0.15, -0.1) is 0 Å². The van der Waals surface area contributed by atoms with Crippen molar-refractivity contribution in [3.05, 3.63) is 35.4 Å². The number of hydrogen-bond acceptors (Lipinski definition) is 3. The zero-order chi connectivity index (χ0) is 14.9. The van der Waals surface area contributed by atoms with Crippen molar-refractivity contribution < 1.29 is 9.59 Å². The van der Waals surface area contributed by atoms with E-state index >= 15 is 0 Å². The van der Waals surface area contributed by atoms with Gasteiger partial charge in [0.05, 0.1) is 0 Å². The van der Waals surface area contributed by atoms with E-state index in [9.17, 15) is 9.59 Å². The minimum atomic E-state index is -0.800. The number of aryl methyl sites for hydroxylation is 1.